The van der Waals surface area contributed by atoms with Gasteiger partial charge < -0.3 is 5.32 Å². The van der Waals surface area contributed by atoms with Gasteiger partial charge in [-0.2, -0.15) is 0 Å². The van der Waals surface area contributed by atoms with Crippen LogP contribution in [0, 0.1) is 11.6 Å². The molecule has 2 unspecified atom stereocenters. The Balaban J connectivity index is 1.99. The first-order chi connectivity index (χ1) is 10.2. The second-order valence-electron chi connectivity index (χ2n) is 5.39. The number of halogens is 2. The van der Waals surface area contributed by atoms with E-state index in [1.807, 2.05) is 13.0 Å². The van der Waals surface area contributed by atoms with Crippen molar-refractivity contribution in [2.75, 3.05) is 6.54 Å². The Bertz CT molecular complexity index is 642. The number of fused-ring (bicyclic) bond motifs is 1. The number of hydrogen-bond donors (Lipinski definition) is 1. The number of pyridine rings is 1. The van der Waals surface area contributed by atoms with Crippen molar-refractivity contribution in [3.8, 4) is 0 Å². The molecule has 2 atom stereocenters. The van der Waals surface area contributed by atoms with Crippen LogP contribution < -0.4 is 5.32 Å². The van der Waals surface area contributed by atoms with Gasteiger partial charge in [-0.1, -0.05) is 19.1 Å². The normalized spacial score (nSPS) is 18.5. The highest BCUT2D eigenvalue weighted by molar-refractivity contribution is 5.34. The lowest BCUT2D eigenvalue weighted by molar-refractivity contribution is 0.427. The quantitative estimate of drug-likeness (QED) is 0.927. The van der Waals surface area contributed by atoms with E-state index in [2.05, 4.69) is 16.4 Å². The third-order valence-electron chi connectivity index (χ3n) is 4.13. The van der Waals surface area contributed by atoms with Gasteiger partial charge in [-0.05, 0) is 37.1 Å². The second kappa shape index (κ2) is 5.90. The largest absolute Gasteiger partial charge is 0.310 e. The minimum atomic E-state index is -0.545. The van der Waals surface area contributed by atoms with Crippen molar-refractivity contribution >= 4 is 0 Å². The van der Waals surface area contributed by atoms with Crippen LogP contribution in [0.15, 0.2) is 36.5 Å². The lowest BCUT2D eigenvalue weighted by atomic mass is 9.90. The molecule has 1 aromatic carbocycles. The first-order valence-electron chi connectivity index (χ1n) is 7.32. The van der Waals surface area contributed by atoms with Gasteiger partial charge in [-0.15, -0.1) is 0 Å². The van der Waals surface area contributed by atoms with Gasteiger partial charge in [0.25, 0.3) is 0 Å². The Morgan fingerprint density at radius 1 is 1.33 bits per heavy atom. The standard InChI is InChI=1S/C17H18F2N2/c1-2-20-17(13-8-6-12(18)10-15(13)19)14-7-5-11-4-3-9-21-16(11)14/h3-4,6,8-10,14,17,20H,2,5,7H2,1H3. The van der Waals surface area contributed by atoms with E-state index in [0.29, 0.717) is 5.56 Å². The Labute approximate surface area is 123 Å². The number of aromatic nitrogens is 1. The number of nitrogens with one attached hydrogen (secondary N) is 1. The zero-order chi connectivity index (χ0) is 14.8. The number of aryl methyl sites for hydroxylation is 1. The molecule has 2 nitrogen and oxygen atoms in total. The van der Waals surface area contributed by atoms with Crippen molar-refractivity contribution < 1.29 is 8.78 Å². The van der Waals surface area contributed by atoms with Crippen LogP contribution in [0.2, 0.25) is 0 Å². The number of nitrogens with zero attached hydrogens (tertiary/aromatic N) is 1. The zero-order valence-corrected chi connectivity index (χ0v) is 11.9. The molecule has 1 heterocycles. The second-order valence-corrected chi connectivity index (χ2v) is 5.39. The molecule has 0 amide bonds. The van der Waals surface area contributed by atoms with E-state index in [0.717, 1.165) is 31.1 Å². The van der Waals surface area contributed by atoms with Gasteiger partial charge in [0.05, 0.1) is 0 Å². The van der Waals surface area contributed by atoms with E-state index < -0.39 is 11.6 Å². The van der Waals surface area contributed by atoms with E-state index in [-0.39, 0.29) is 12.0 Å². The summed E-state index contributed by atoms with van der Waals surface area (Å²) in [7, 11) is 0. The minimum Gasteiger partial charge on any atom is -0.310 e. The summed E-state index contributed by atoms with van der Waals surface area (Å²) in [6.07, 6.45) is 3.67. The Morgan fingerprint density at radius 2 is 2.19 bits per heavy atom. The molecule has 0 fully saturated rings. The molecule has 0 radical (unpaired) electrons. The summed E-state index contributed by atoms with van der Waals surface area (Å²) >= 11 is 0. The summed E-state index contributed by atoms with van der Waals surface area (Å²) in [5.74, 6) is -0.914. The maximum Gasteiger partial charge on any atom is 0.130 e. The van der Waals surface area contributed by atoms with E-state index >= 15 is 0 Å². The smallest absolute Gasteiger partial charge is 0.130 e. The molecule has 1 aliphatic rings. The number of likely N-dealkylation sites (N-methyl/N-ethyl adjacent to an activating group) is 1. The van der Waals surface area contributed by atoms with Gasteiger partial charge in [0.1, 0.15) is 11.6 Å². The first-order valence-corrected chi connectivity index (χ1v) is 7.32. The minimum absolute atomic E-state index is 0.126. The van der Waals surface area contributed by atoms with Gasteiger partial charge in [0.15, 0.2) is 0 Å². The lowest BCUT2D eigenvalue weighted by Crippen LogP contribution is -2.27. The molecule has 0 saturated carbocycles. The van der Waals surface area contributed by atoms with Crippen LogP contribution >= 0.6 is 0 Å². The third-order valence-corrected chi connectivity index (χ3v) is 4.13. The summed E-state index contributed by atoms with van der Waals surface area (Å²) in [5.41, 5.74) is 2.78. The molecule has 0 spiro atoms. The van der Waals surface area contributed by atoms with Crippen molar-refractivity contribution in [2.45, 2.75) is 31.7 Å². The fraction of sp³-hybridized carbons (Fsp3) is 0.353. The predicted octanol–water partition coefficient (Wildman–Crippen LogP) is 3.74. The summed E-state index contributed by atoms with van der Waals surface area (Å²) in [5, 5.41) is 3.34. The van der Waals surface area contributed by atoms with Gasteiger partial charge in [-0.3, -0.25) is 4.98 Å². The van der Waals surface area contributed by atoms with Crippen molar-refractivity contribution in [2.24, 2.45) is 0 Å². The van der Waals surface area contributed by atoms with Crippen molar-refractivity contribution in [3.05, 3.63) is 65.0 Å². The topological polar surface area (TPSA) is 24.9 Å². The van der Waals surface area contributed by atoms with E-state index in [9.17, 15) is 8.78 Å². The van der Waals surface area contributed by atoms with E-state index in [4.69, 9.17) is 0 Å². The average Bonchev–Trinajstić information content (AvgIpc) is 2.89. The molecule has 110 valence electrons. The van der Waals surface area contributed by atoms with Gasteiger partial charge in [0.2, 0.25) is 0 Å². The predicted molar refractivity (Wildman–Crippen MR) is 78.1 cm³/mol. The zero-order valence-electron chi connectivity index (χ0n) is 11.9. The van der Waals surface area contributed by atoms with Crippen molar-refractivity contribution in [1.82, 2.24) is 10.3 Å². The molecule has 1 N–H and O–H groups in total. The molecule has 4 heteroatoms. The monoisotopic (exact) mass is 288 g/mol. The molecule has 1 aliphatic carbocycles. The number of benzene rings is 1. The summed E-state index contributed by atoms with van der Waals surface area (Å²) in [6, 6.07) is 7.64. The number of hydrogen-bond acceptors (Lipinski definition) is 2. The molecule has 0 aliphatic heterocycles. The Hall–Kier alpha value is -1.81. The molecule has 21 heavy (non-hydrogen) atoms. The molecule has 2 aromatic rings. The maximum atomic E-state index is 14.2. The molecular formula is C17H18F2N2. The Morgan fingerprint density at radius 3 is 2.95 bits per heavy atom. The summed E-state index contributed by atoms with van der Waals surface area (Å²) in [6.45, 7) is 2.71. The molecule has 1 aromatic heterocycles. The molecule has 0 saturated heterocycles. The number of rotatable bonds is 4. The highest BCUT2D eigenvalue weighted by Gasteiger charge is 2.32. The van der Waals surface area contributed by atoms with Crippen LogP contribution in [0.4, 0.5) is 8.78 Å². The van der Waals surface area contributed by atoms with Gasteiger partial charge in [0, 0.05) is 35.5 Å². The highest BCUT2D eigenvalue weighted by Crippen LogP contribution is 2.41. The highest BCUT2D eigenvalue weighted by atomic mass is 19.1. The average molecular weight is 288 g/mol. The fourth-order valence-electron chi connectivity index (χ4n) is 3.21. The van der Waals surface area contributed by atoms with Crippen LogP contribution in [0.5, 0.6) is 0 Å². The Kier molecular flexibility index (Phi) is 3.97. The van der Waals surface area contributed by atoms with E-state index in [1.54, 1.807) is 12.3 Å². The van der Waals surface area contributed by atoms with Crippen molar-refractivity contribution in [3.63, 3.8) is 0 Å². The van der Waals surface area contributed by atoms with Crippen LogP contribution in [0.25, 0.3) is 0 Å². The summed E-state index contributed by atoms with van der Waals surface area (Å²) < 4.78 is 27.3. The van der Waals surface area contributed by atoms with Crippen LogP contribution in [-0.2, 0) is 6.42 Å². The molecule has 0 bridgehead atoms. The first kappa shape index (κ1) is 14.1. The van der Waals surface area contributed by atoms with E-state index in [1.165, 1.54) is 11.6 Å². The molecular weight excluding hydrogens is 270 g/mol. The van der Waals surface area contributed by atoms with Gasteiger partial charge >= 0.3 is 0 Å². The SMILES string of the molecule is CCNC(c1ccc(F)cc1F)C1CCc2cccnc21. The fourth-order valence-corrected chi connectivity index (χ4v) is 3.21. The summed E-state index contributed by atoms with van der Waals surface area (Å²) in [4.78, 5) is 4.48. The lowest BCUT2D eigenvalue weighted by Gasteiger charge is -2.25. The van der Waals surface area contributed by atoms with Crippen LogP contribution in [-0.4, -0.2) is 11.5 Å². The third kappa shape index (κ3) is 2.68. The van der Waals surface area contributed by atoms with Crippen LogP contribution in [0.3, 0.4) is 0 Å². The van der Waals surface area contributed by atoms with Gasteiger partial charge in [-0.25, -0.2) is 8.78 Å². The van der Waals surface area contributed by atoms with Crippen LogP contribution in [0.1, 0.15) is 42.1 Å². The van der Waals surface area contributed by atoms with Crippen molar-refractivity contribution in [1.29, 1.82) is 0 Å². The maximum absolute atomic E-state index is 14.2. The molecule has 3 rings (SSSR count).